The molecule has 0 saturated carbocycles. The molecule has 0 heterocycles. The van der Waals surface area contributed by atoms with Crippen LogP contribution in [-0.2, 0) is 9.59 Å². The zero-order valence-corrected chi connectivity index (χ0v) is 11.4. The molecule has 1 N–H and O–H groups in total. The number of rotatable bonds is 1. The summed E-state index contributed by atoms with van der Waals surface area (Å²) in [6.45, 7) is 0. The van der Waals surface area contributed by atoms with Gasteiger partial charge in [0.25, 0.3) is 0 Å². The number of ketones is 1. The molecule has 0 aliphatic heterocycles. The second-order valence-electron chi connectivity index (χ2n) is 4.43. The number of hydrogen-bond acceptors (Lipinski definition) is 4. The van der Waals surface area contributed by atoms with Crippen molar-refractivity contribution in [1.82, 2.24) is 0 Å². The van der Waals surface area contributed by atoms with E-state index < -0.39 is 11.8 Å². The predicted molar refractivity (Wildman–Crippen MR) is 79.0 cm³/mol. The standard InChI is InChI=1S/C14H8O3.C3H2N2/c15-13-11(14(16)17)6-5-10-9-4-2-1-3-8(9)7-12(10)13;4-2-1-3-5/h1-7H,(H,16,17);1H2. The molecule has 5 heteroatoms. The van der Waals surface area contributed by atoms with Gasteiger partial charge in [-0.3, -0.25) is 4.79 Å². The first-order valence-corrected chi connectivity index (χ1v) is 6.35. The topological polar surface area (TPSA) is 102 Å². The van der Waals surface area contributed by atoms with Gasteiger partial charge in [0, 0.05) is 5.57 Å². The first kappa shape index (κ1) is 15.0. The molecule has 0 aromatic heterocycles. The van der Waals surface area contributed by atoms with Gasteiger partial charge >= 0.3 is 5.97 Å². The highest BCUT2D eigenvalue weighted by Crippen LogP contribution is 2.38. The smallest absolute Gasteiger partial charge is 0.339 e. The SMILES string of the molecule is N#CCC#N.O=C(O)C1=CC=C2C(=Cc3ccccc32)C1=O. The van der Waals surface area contributed by atoms with E-state index in [0.29, 0.717) is 5.57 Å². The van der Waals surface area contributed by atoms with Gasteiger partial charge in [0.05, 0.1) is 12.1 Å². The molecule has 1 aromatic rings. The predicted octanol–water partition coefficient (Wildman–Crippen LogP) is 2.48. The summed E-state index contributed by atoms with van der Waals surface area (Å²) < 4.78 is 0. The van der Waals surface area contributed by atoms with E-state index in [1.807, 2.05) is 24.3 Å². The molecular formula is C17H10N2O3. The molecule has 0 spiro atoms. The molecular weight excluding hydrogens is 280 g/mol. The Labute approximate surface area is 126 Å². The van der Waals surface area contributed by atoms with Crippen LogP contribution in [0, 0.1) is 22.7 Å². The van der Waals surface area contributed by atoms with Crippen molar-refractivity contribution in [1.29, 1.82) is 10.5 Å². The summed E-state index contributed by atoms with van der Waals surface area (Å²) in [6.07, 6.45) is 4.82. The Hall–Kier alpha value is -3.44. The third-order valence-electron chi connectivity index (χ3n) is 3.14. The molecule has 5 nitrogen and oxygen atoms in total. The average Bonchev–Trinajstić information content (AvgIpc) is 2.88. The normalized spacial score (nSPS) is 13.9. The van der Waals surface area contributed by atoms with Gasteiger partial charge in [-0.05, 0) is 28.9 Å². The summed E-state index contributed by atoms with van der Waals surface area (Å²) in [4.78, 5) is 22.8. The summed E-state index contributed by atoms with van der Waals surface area (Å²) in [7, 11) is 0. The Morgan fingerprint density at radius 3 is 2.36 bits per heavy atom. The van der Waals surface area contributed by atoms with E-state index in [2.05, 4.69) is 0 Å². The van der Waals surface area contributed by atoms with Crippen molar-refractivity contribution in [2.24, 2.45) is 0 Å². The lowest BCUT2D eigenvalue weighted by molar-refractivity contribution is -0.134. The van der Waals surface area contributed by atoms with Gasteiger partial charge in [0.15, 0.2) is 0 Å². The van der Waals surface area contributed by atoms with Crippen LogP contribution in [0.1, 0.15) is 17.5 Å². The molecule has 2 aliphatic carbocycles. The average molecular weight is 290 g/mol. The minimum atomic E-state index is -1.18. The Morgan fingerprint density at radius 2 is 1.77 bits per heavy atom. The summed E-state index contributed by atoms with van der Waals surface area (Å²) in [5, 5.41) is 24.1. The fourth-order valence-corrected chi connectivity index (χ4v) is 2.21. The lowest BCUT2D eigenvalue weighted by Gasteiger charge is -2.10. The molecule has 0 saturated heterocycles. The fraction of sp³-hybridized carbons (Fsp3) is 0.0588. The minimum Gasteiger partial charge on any atom is -0.478 e. The maximum Gasteiger partial charge on any atom is 0.339 e. The highest BCUT2D eigenvalue weighted by Gasteiger charge is 2.30. The van der Waals surface area contributed by atoms with Crippen molar-refractivity contribution in [2.75, 3.05) is 0 Å². The van der Waals surface area contributed by atoms with Gasteiger partial charge < -0.3 is 5.11 Å². The van der Waals surface area contributed by atoms with Crippen molar-refractivity contribution >= 4 is 23.4 Å². The molecule has 2 aliphatic rings. The third kappa shape index (κ3) is 2.70. The summed E-state index contributed by atoms with van der Waals surface area (Å²) in [6, 6.07) is 10.9. The van der Waals surface area contributed by atoms with Gasteiger partial charge in [-0.25, -0.2) is 4.79 Å². The maximum absolute atomic E-state index is 12.0. The number of carbonyl (C=O) groups excluding carboxylic acids is 1. The van der Waals surface area contributed by atoms with Crippen LogP contribution in [0.2, 0.25) is 0 Å². The highest BCUT2D eigenvalue weighted by molar-refractivity contribution is 6.33. The van der Waals surface area contributed by atoms with Gasteiger partial charge in [-0.2, -0.15) is 10.5 Å². The van der Waals surface area contributed by atoms with Crippen molar-refractivity contribution in [3.63, 3.8) is 0 Å². The van der Waals surface area contributed by atoms with E-state index in [-0.39, 0.29) is 12.0 Å². The summed E-state index contributed by atoms with van der Waals surface area (Å²) in [5.41, 5.74) is 3.06. The fourth-order valence-electron chi connectivity index (χ4n) is 2.21. The first-order valence-electron chi connectivity index (χ1n) is 6.35. The summed E-state index contributed by atoms with van der Waals surface area (Å²) >= 11 is 0. The monoisotopic (exact) mass is 290 g/mol. The molecule has 1 aromatic carbocycles. The Bertz CT molecular complexity index is 818. The van der Waals surface area contributed by atoms with Crippen LogP contribution in [0.4, 0.5) is 0 Å². The molecule has 0 bridgehead atoms. The largest absolute Gasteiger partial charge is 0.478 e. The minimum absolute atomic E-state index is 0. The number of hydrogen-bond donors (Lipinski definition) is 1. The number of benzene rings is 1. The van der Waals surface area contributed by atoms with Crippen molar-refractivity contribution in [3.8, 4) is 12.1 Å². The second kappa shape index (κ2) is 6.34. The number of carbonyl (C=O) groups is 2. The Morgan fingerprint density at radius 1 is 1.09 bits per heavy atom. The zero-order valence-electron chi connectivity index (χ0n) is 11.4. The molecule has 0 atom stereocenters. The lowest BCUT2D eigenvalue weighted by Crippen LogP contribution is -2.16. The molecule has 22 heavy (non-hydrogen) atoms. The van der Waals surface area contributed by atoms with Crippen LogP contribution in [0.25, 0.3) is 11.6 Å². The van der Waals surface area contributed by atoms with Crippen LogP contribution in [0.3, 0.4) is 0 Å². The zero-order chi connectivity index (χ0) is 16.1. The van der Waals surface area contributed by atoms with Crippen LogP contribution in [-0.4, -0.2) is 16.9 Å². The van der Waals surface area contributed by atoms with E-state index in [1.165, 1.54) is 6.08 Å². The number of Topliss-reactive ketones (excluding diaryl/α,β-unsaturated/α-hetero) is 1. The number of nitriles is 2. The molecule has 0 amide bonds. The van der Waals surface area contributed by atoms with Gasteiger partial charge in [-0.1, -0.05) is 30.3 Å². The first-order chi connectivity index (χ1) is 10.6. The number of carboxylic acids is 1. The number of carboxylic acid groups (broad SMARTS) is 1. The quantitative estimate of drug-likeness (QED) is 0.800. The van der Waals surface area contributed by atoms with Gasteiger partial charge in [-0.15, -0.1) is 0 Å². The molecule has 3 rings (SSSR count). The van der Waals surface area contributed by atoms with Crippen molar-refractivity contribution in [2.45, 2.75) is 6.42 Å². The highest BCUT2D eigenvalue weighted by atomic mass is 16.4. The number of allylic oxidation sites excluding steroid dienone is 4. The van der Waals surface area contributed by atoms with E-state index in [0.717, 1.165) is 16.7 Å². The number of fused-ring (bicyclic) bond motifs is 3. The van der Waals surface area contributed by atoms with Crippen LogP contribution >= 0.6 is 0 Å². The van der Waals surface area contributed by atoms with Crippen molar-refractivity contribution < 1.29 is 14.7 Å². The van der Waals surface area contributed by atoms with Crippen molar-refractivity contribution in [3.05, 3.63) is 58.7 Å². The van der Waals surface area contributed by atoms with E-state index in [9.17, 15) is 9.59 Å². The molecule has 0 fully saturated rings. The third-order valence-corrected chi connectivity index (χ3v) is 3.14. The van der Waals surface area contributed by atoms with E-state index >= 15 is 0 Å². The van der Waals surface area contributed by atoms with Gasteiger partial charge in [0.2, 0.25) is 5.78 Å². The summed E-state index contributed by atoms with van der Waals surface area (Å²) in [5.74, 6) is -1.59. The number of nitrogens with zero attached hydrogens (tertiary/aromatic N) is 2. The Balaban J connectivity index is 0.000000309. The molecule has 106 valence electrons. The van der Waals surface area contributed by atoms with Gasteiger partial charge in [0.1, 0.15) is 12.0 Å². The van der Waals surface area contributed by atoms with Crippen LogP contribution in [0.15, 0.2) is 47.6 Å². The lowest BCUT2D eigenvalue weighted by atomic mass is 9.91. The molecule has 0 radical (unpaired) electrons. The van der Waals surface area contributed by atoms with Crippen LogP contribution in [0.5, 0.6) is 0 Å². The van der Waals surface area contributed by atoms with E-state index in [1.54, 1.807) is 24.3 Å². The Kier molecular flexibility index (Phi) is 4.31. The second-order valence-corrected chi connectivity index (χ2v) is 4.43. The number of aliphatic carboxylic acids is 1. The van der Waals surface area contributed by atoms with E-state index in [4.69, 9.17) is 15.6 Å². The van der Waals surface area contributed by atoms with Crippen LogP contribution < -0.4 is 0 Å². The molecule has 0 unspecified atom stereocenters. The maximum atomic E-state index is 12.0.